The summed E-state index contributed by atoms with van der Waals surface area (Å²) in [6.07, 6.45) is 3.77. The lowest BCUT2D eigenvalue weighted by Crippen LogP contribution is -2.42. The zero-order valence-electron chi connectivity index (χ0n) is 23.5. The number of ether oxygens (including phenoxy) is 1. The number of aromatic nitrogens is 2. The minimum absolute atomic E-state index is 0.0387. The molecule has 0 aliphatic carbocycles. The van der Waals surface area contributed by atoms with Gasteiger partial charge in [-0.05, 0) is 85.9 Å². The van der Waals surface area contributed by atoms with Crippen molar-refractivity contribution < 1.29 is 22.7 Å². The Morgan fingerprint density at radius 1 is 1.02 bits per heavy atom. The third-order valence-electron chi connectivity index (χ3n) is 8.05. The van der Waals surface area contributed by atoms with E-state index in [1.165, 1.54) is 23.5 Å². The van der Waals surface area contributed by atoms with Gasteiger partial charge in [0.2, 0.25) is 10.0 Å². The van der Waals surface area contributed by atoms with Crippen LogP contribution < -0.4 is 5.32 Å². The summed E-state index contributed by atoms with van der Waals surface area (Å²) in [6.45, 7) is 8.59. The third kappa shape index (κ3) is 5.57. The fraction of sp³-hybridized carbons (Fsp3) is 0.483. The maximum absolute atomic E-state index is 13.6. The van der Waals surface area contributed by atoms with Crippen molar-refractivity contribution in [1.82, 2.24) is 18.8 Å². The number of sulfonamides is 1. The molecule has 2 saturated heterocycles. The van der Waals surface area contributed by atoms with E-state index in [2.05, 4.69) is 35.1 Å². The highest BCUT2D eigenvalue weighted by atomic mass is 32.2. The van der Waals surface area contributed by atoms with Gasteiger partial charge in [0.25, 0.3) is 5.91 Å². The van der Waals surface area contributed by atoms with E-state index < -0.39 is 16.1 Å². The number of nitrogens with one attached hydrogen (secondary N) is 1. The number of anilines is 1. The number of benzene rings is 1. The number of hydrogen-bond donors (Lipinski definition) is 1. The van der Waals surface area contributed by atoms with Crippen molar-refractivity contribution in [3.8, 4) is 0 Å². The first-order valence-corrected chi connectivity index (χ1v) is 15.2. The Balaban J connectivity index is 1.30. The summed E-state index contributed by atoms with van der Waals surface area (Å²) >= 11 is 0. The fourth-order valence-corrected chi connectivity index (χ4v) is 7.61. The summed E-state index contributed by atoms with van der Waals surface area (Å²) in [7, 11) is -2.40. The zero-order valence-corrected chi connectivity index (χ0v) is 24.3. The molecule has 2 aromatic heterocycles. The average molecular weight is 568 g/mol. The van der Waals surface area contributed by atoms with Gasteiger partial charge in [0.05, 0.1) is 28.8 Å². The van der Waals surface area contributed by atoms with E-state index in [1.807, 2.05) is 24.1 Å². The Bertz CT molecular complexity index is 1500. The topological polar surface area (TPSA) is 113 Å². The van der Waals surface area contributed by atoms with Crippen molar-refractivity contribution in [3.63, 3.8) is 0 Å². The lowest BCUT2D eigenvalue weighted by atomic mass is 9.90. The number of nitrogens with zero attached hydrogens (tertiary/aromatic N) is 4. The molecule has 214 valence electrons. The van der Waals surface area contributed by atoms with Crippen molar-refractivity contribution in [1.29, 1.82) is 0 Å². The smallest absolute Gasteiger partial charge is 0.411 e. The zero-order chi connectivity index (χ0) is 28.6. The van der Waals surface area contributed by atoms with E-state index in [-0.39, 0.29) is 16.7 Å². The number of amides is 2. The predicted octanol–water partition coefficient (Wildman–Crippen LogP) is 4.51. The van der Waals surface area contributed by atoms with Crippen LogP contribution in [0.1, 0.15) is 60.6 Å². The van der Waals surface area contributed by atoms with Gasteiger partial charge in [-0.1, -0.05) is 13.8 Å². The number of pyridine rings is 1. The number of fused-ring (bicyclic) bond motifs is 1. The Hall–Kier alpha value is -3.44. The summed E-state index contributed by atoms with van der Waals surface area (Å²) < 4.78 is 34.4. The molecule has 11 heteroatoms. The van der Waals surface area contributed by atoms with Gasteiger partial charge < -0.3 is 9.64 Å². The third-order valence-corrected chi connectivity index (χ3v) is 9.97. The van der Waals surface area contributed by atoms with Gasteiger partial charge in [-0.3, -0.25) is 10.1 Å². The van der Waals surface area contributed by atoms with Crippen LogP contribution in [0.5, 0.6) is 0 Å². The summed E-state index contributed by atoms with van der Waals surface area (Å²) in [4.78, 5) is 27.2. The number of carbonyl (C=O) groups is 2. The molecule has 0 bridgehead atoms. The quantitative estimate of drug-likeness (QED) is 0.486. The fourth-order valence-electron chi connectivity index (χ4n) is 6.14. The van der Waals surface area contributed by atoms with E-state index in [1.54, 1.807) is 16.6 Å². The van der Waals surface area contributed by atoms with Crippen LogP contribution in [-0.4, -0.2) is 72.5 Å². The molecule has 2 aliphatic rings. The minimum Gasteiger partial charge on any atom is -0.453 e. The molecule has 0 radical (unpaired) electrons. The van der Waals surface area contributed by atoms with Crippen molar-refractivity contribution in [2.75, 3.05) is 38.6 Å². The van der Waals surface area contributed by atoms with Gasteiger partial charge in [0.15, 0.2) is 0 Å². The molecule has 4 heterocycles. The number of aryl methyl sites for hydroxylation is 1. The number of methoxy groups -OCH3 is 1. The second-order valence-corrected chi connectivity index (χ2v) is 13.2. The van der Waals surface area contributed by atoms with E-state index >= 15 is 0 Å². The van der Waals surface area contributed by atoms with Crippen molar-refractivity contribution in [2.45, 2.75) is 50.8 Å². The van der Waals surface area contributed by atoms with Gasteiger partial charge in [-0.2, -0.15) is 9.40 Å². The summed E-state index contributed by atoms with van der Waals surface area (Å²) in [6, 6.07) is 10.2. The van der Waals surface area contributed by atoms with Crippen LogP contribution in [0, 0.1) is 18.8 Å². The molecule has 2 aliphatic heterocycles. The largest absolute Gasteiger partial charge is 0.453 e. The van der Waals surface area contributed by atoms with Crippen LogP contribution in [-0.2, 0) is 14.8 Å². The lowest BCUT2D eigenvalue weighted by Gasteiger charge is -2.35. The molecule has 0 saturated carbocycles. The monoisotopic (exact) mass is 567 g/mol. The second-order valence-electron chi connectivity index (χ2n) is 11.2. The summed E-state index contributed by atoms with van der Waals surface area (Å²) in [5.74, 6) is 1.16. The summed E-state index contributed by atoms with van der Waals surface area (Å²) in [5, 5.41) is 7.13. The molecule has 1 N–H and O–H groups in total. The Labute approximate surface area is 235 Å². The Morgan fingerprint density at radius 2 is 1.68 bits per heavy atom. The number of rotatable bonds is 5. The number of likely N-dealkylation sites (tertiary alicyclic amines) is 1. The highest BCUT2D eigenvalue weighted by molar-refractivity contribution is 7.89. The maximum atomic E-state index is 13.6. The van der Waals surface area contributed by atoms with E-state index in [4.69, 9.17) is 0 Å². The van der Waals surface area contributed by atoms with Crippen LogP contribution >= 0.6 is 0 Å². The lowest BCUT2D eigenvalue weighted by molar-refractivity contribution is 0.0624. The molecular weight excluding hydrogens is 530 g/mol. The predicted molar refractivity (Wildman–Crippen MR) is 152 cm³/mol. The number of piperidine rings is 2. The second kappa shape index (κ2) is 11.2. The standard InChI is InChI=1S/C29H37N5O5S/c1-19-15-20(2)18-32(17-19)28(35)27-21(3)31-34-14-11-23(16-26(27)34)22-9-12-33(13-10-22)40(37,38)25-7-5-24(6-8-25)30-29(36)39-4/h5-8,11,14,16,19-20,22H,9-10,12-13,15,17-18H2,1-4H3,(H,30,36). The minimum atomic E-state index is -3.66. The summed E-state index contributed by atoms with van der Waals surface area (Å²) in [5.41, 5.74) is 3.74. The van der Waals surface area contributed by atoms with Gasteiger partial charge >= 0.3 is 6.09 Å². The Morgan fingerprint density at radius 3 is 2.30 bits per heavy atom. The molecule has 40 heavy (non-hydrogen) atoms. The van der Waals surface area contributed by atoms with Crippen LogP contribution in [0.2, 0.25) is 0 Å². The average Bonchev–Trinajstić information content (AvgIpc) is 3.27. The van der Waals surface area contributed by atoms with Crippen LogP contribution in [0.3, 0.4) is 0 Å². The maximum Gasteiger partial charge on any atom is 0.411 e. The molecule has 2 atom stereocenters. The normalized spacial score (nSPS) is 20.9. The molecule has 3 aromatic rings. The molecule has 2 fully saturated rings. The SMILES string of the molecule is COC(=O)Nc1ccc(S(=O)(=O)N2CCC(c3ccn4nc(C)c(C(=O)N5CC(C)CC(C)C5)c4c3)CC2)cc1. The van der Waals surface area contributed by atoms with Crippen molar-refractivity contribution >= 4 is 33.2 Å². The molecule has 10 nitrogen and oxygen atoms in total. The van der Waals surface area contributed by atoms with Gasteiger partial charge in [-0.25, -0.2) is 17.7 Å². The van der Waals surface area contributed by atoms with Crippen LogP contribution in [0.15, 0.2) is 47.5 Å². The van der Waals surface area contributed by atoms with Gasteiger partial charge in [-0.15, -0.1) is 0 Å². The first-order valence-electron chi connectivity index (χ1n) is 13.8. The van der Waals surface area contributed by atoms with Crippen molar-refractivity contribution in [3.05, 3.63) is 59.4 Å². The molecule has 2 unspecified atom stereocenters. The first kappa shape index (κ1) is 28.1. The van der Waals surface area contributed by atoms with Gasteiger partial charge in [0, 0.05) is 38.1 Å². The number of carbonyl (C=O) groups excluding carboxylic acids is 2. The molecule has 0 spiro atoms. The molecular formula is C29H37N5O5S. The highest BCUT2D eigenvalue weighted by Crippen LogP contribution is 2.33. The highest BCUT2D eigenvalue weighted by Gasteiger charge is 2.32. The van der Waals surface area contributed by atoms with E-state index in [0.29, 0.717) is 49.0 Å². The number of hydrogen-bond acceptors (Lipinski definition) is 6. The van der Waals surface area contributed by atoms with Crippen LogP contribution in [0.4, 0.5) is 10.5 Å². The molecule has 5 rings (SSSR count). The van der Waals surface area contributed by atoms with Crippen molar-refractivity contribution in [2.24, 2.45) is 11.8 Å². The van der Waals surface area contributed by atoms with Gasteiger partial charge in [0.1, 0.15) is 0 Å². The Kier molecular flexibility index (Phi) is 7.87. The van der Waals surface area contributed by atoms with E-state index in [0.717, 1.165) is 36.3 Å². The van der Waals surface area contributed by atoms with Crippen LogP contribution in [0.25, 0.3) is 5.52 Å². The molecule has 1 aromatic carbocycles. The first-order chi connectivity index (χ1) is 19.1. The molecule has 2 amide bonds. The van der Waals surface area contributed by atoms with E-state index in [9.17, 15) is 18.0 Å².